The van der Waals surface area contributed by atoms with Crippen molar-refractivity contribution in [1.82, 2.24) is 4.31 Å². The Morgan fingerprint density at radius 3 is 2.48 bits per heavy atom. The summed E-state index contributed by atoms with van der Waals surface area (Å²) in [6, 6.07) is 9.17. The summed E-state index contributed by atoms with van der Waals surface area (Å²) in [6.45, 7) is 3.04. The zero-order chi connectivity index (χ0) is 19.6. The number of anilines is 1. The highest BCUT2D eigenvalue weighted by Gasteiger charge is 2.27. The van der Waals surface area contributed by atoms with Crippen molar-refractivity contribution in [2.75, 3.05) is 31.6 Å². The minimum absolute atomic E-state index is 0.0202. The summed E-state index contributed by atoms with van der Waals surface area (Å²) in [7, 11) is -3.72. The van der Waals surface area contributed by atoms with E-state index in [1.807, 2.05) is 6.92 Å². The van der Waals surface area contributed by atoms with Crippen LogP contribution in [0, 0.1) is 6.92 Å². The molecule has 1 heterocycles. The van der Waals surface area contributed by atoms with E-state index in [9.17, 15) is 13.2 Å². The number of rotatable bonds is 4. The Balaban J connectivity index is 1.89. The van der Waals surface area contributed by atoms with E-state index in [0.29, 0.717) is 23.9 Å². The van der Waals surface area contributed by atoms with Gasteiger partial charge in [-0.05, 0) is 48.9 Å². The molecule has 0 saturated carbocycles. The average molecular weight is 429 g/mol. The first-order valence-electron chi connectivity index (χ1n) is 8.24. The summed E-state index contributed by atoms with van der Waals surface area (Å²) < 4.78 is 32.1. The molecular weight excluding hydrogens is 411 g/mol. The van der Waals surface area contributed by atoms with E-state index in [1.165, 1.54) is 22.5 Å². The van der Waals surface area contributed by atoms with Gasteiger partial charge in [0.25, 0.3) is 5.91 Å². The first-order chi connectivity index (χ1) is 12.8. The van der Waals surface area contributed by atoms with E-state index in [4.69, 9.17) is 27.9 Å². The molecule has 1 N–H and O–H groups in total. The molecule has 0 unspecified atom stereocenters. The number of carbonyl (C=O) groups is 1. The Kier molecular flexibility index (Phi) is 6.08. The van der Waals surface area contributed by atoms with Crippen molar-refractivity contribution in [3.8, 4) is 0 Å². The summed E-state index contributed by atoms with van der Waals surface area (Å²) in [5, 5.41) is 3.47. The third-order valence-corrected chi connectivity index (χ3v) is 6.69. The molecule has 3 rings (SSSR count). The Hall–Kier alpha value is -1.64. The highest BCUT2D eigenvalue weighted by atomic mass is 35.5. The van der Waals surface area contributed by atoms with Crippen LogP contribution in [0.2, 0.25) is 10.0 Å². The predicted molar refractivity (Wildman–Crippen MR) is 105 cm³/mol. The van der Waals surface area contributed by atoms with Crippen LogP contribution in [0.1, 0.15) is 15.9 Å². The van der Waals surface area contributed by atoms with Gasteiger partial charge in [0.15, 0.2) is 0 Å². The topological polar surface area (TPSA) is 75.7 Å². The quantitative estimate of drug-likeness (QED) is 0.807. The molecule has 1 amide bonds. The summed E-state index contributed by atoms with van der Waals surface area (Å²) in [6.07, 6.45) is 0. The summed E-state index contributed by atoms with van der Waals surface area (Å²) in [4.78, 5) is 12.7. The number of halogens is 2. The number of nitrogens with zero attached hydrogens (tertiary/aromatic N) is 1. The van der Waals surface area contributed by atoms with Crippen LogP contribution in [0.25, 0.3) is 0 Å². The summed E-state index contributed by atoms with van der Waals surface area (Å²) in [5.41, 5.74) is 1.44. The maximum Gasteiger partial charge on any atom is 0.257 e. The number of nitrogens with one attached hydrogen (secondary N) is 1. The van der Waals surface area contributed by atoms with Crippen LogP contribution in [0.5, 0.6) is 0 Å². The van der Waals surface area contributed by atoms with Gasteiger partial charge in [-0.1, -0.05) is 23.2 Å². The molecule has 0 radical (unpaired) electrons. The molecule has 27 heavy (non-hydrogen) atoms. The lowest BCUT2D eigenvalue weighted by Gasteiger charge is -2.26. The molecule has 0 bridgehead atoms. The van der Waals surface area contributed by atoms with Crippen LogP contribution >= 0.6 is 23.2 Å². The molecule has 1 aliphatic heterocycles. The molecule has 0 atom stereocenters. The molecule has 144 valence electrons. The van der Waals surface area contributed by atoms with Crippen molar-refractivity contribution in [2.45, 2.75) is 11.8 Å². The number of hydrogen-bond donors (Lipinski definition) is 1. The third-order valence-electron chi connectivity index (χ3n) is 4.23. The van der Waals surface area contributed by atoms with Gasteiger partial charge in [0.2, 0.25) is 10.0 Å². The number of amides is 1. The standard InChI is InChI=1S/C18H18Cl2N2O4S/c1-12-10-13(19)2-5-17(12)21-18(23)15-11-14(3-4-16(15)20)27(24,25)22-6-8-26-9-7-22/h2-5,10-11H,6-9H2,1H3,(H,21,23). The molecule has 0 aliphatic carbocycles. The van der Waals surface area contributed by atoms with E-state index in [0.717, 1.165) is 5.56 Å². The van der Waals surface area contributed by atoms with E-state index < -0.39 is 15.9 Å². The number of aryl methyl sites for hydroxylation is 1. The van der Waals surface area contributed by atoms with Gasteiger partial charge in [-0.2, -0.15) is 4.31 Å². The monoisotopic (exact) mass is 428 g/mol. The highest BCUT2D eigenvalue weighted by molar-refractivity contribution is 7.89. The van der Waals surface area contributed by atoms with Gasteiger partial charge in [-0.15, -0.1) is 0 Å². The molecule has 2 aromatic carbocycles. The Morgan fingerprint density at radius 2 is 1.81 bits per heavy atom. The van der Waals surface area contributed by atoms with Crippen LogP contribution < -0.4 is 5.32 Å². The zero-order valence-corrected chi connectivity index (χ0v) is 16.9. The second-order valence-electron chi connectivity index (χ2n) is 6.07. The first-order valence-corrected chi connectivity index (χ1v) is 10.4. The van der Waals surface area contributed by atoms with Crippen LogP contribution in [0.4, 0.5) is 5.69 Å². The predicted octanol–water partition coefficient (Wildman–Crippen LogP) is 3.58. The van der Waals surface area contributed by atoms with Crippen molar-refractivity contribution < 1.29 is 17.9 Å². The fraction of sp³-hybridized carbons (Fsp3) is 0.278. The van der Waals surface area contributed by atoms with Gasteiger partial charge in [-0.3, -0.25) is 4.79 Å². The largest absolute Gasteiger partial charge is 0.379 e. The number of sulfonamides is 1. The minimum Gasteiger partial charge on any atom is -0.379 e. The Labute approximate surface area is 168 Å². The van der Waals surface area contributed by atoms with Crippen LogP contribution in [0.15, 0.2) is 41.3 Å². The van der Waals surface area contributed by atoms with Crippen LogP contribution in [-0.4, -0.2) is 44.9 Å². The van der Waals surface area contributed by atoms with Gasteiger partial charge in [0.1, 0.15) is 0 Å². The third kappa shape index (κ3) is 4.44. The number of hydrogen-bond acceptors (Lipinski definition) is 4. The van der Waals surface area contributed by atoms with Gasteiger partial charge in [0, 0.05) is 23.8 Å². The Bertz CT molecular complexity index is 973. The molecule has 1 saturated heterocycles. The molecule has 0 spiro atoms. The molecule has 2 aromatic rings. The van der Waals surface area contributed by atoms with Crippen molar-refractivity contribution >= 4 is 44.8 Å². The summed E-state index contributed by atoms with van der Waals surface area (Å²) >= 11 is 12.1. The second kappa shape index (κ2) is 8.16. The molecule has 1 fully saturated rings. The van der Waals surface area contributed by atoms with E-state index in [1.54, 1.807) is 18.2 Å². The number of carbonyl (C=O) groups excluding carboxylic acids is 1. The summed E-state index contributed by atoms with van der Waals surface area (Å²) in [5.74, 6) is -0.496. The number of morpholine rings is 1. The molecular formula is C18H18Cl2N2O4S. The highest BCUT2D eigenvalue weighted by Crippen LogP contribution is 2.26. The van der Waals surface area contributed by atoms with Crippen LogP contribution in [0.3, 0.4) is 0 Å². The first kappa shape index (κ1) is 20.1. The van der Waals surface area contributed by atoms with Gasteiger partial charge >= 0.3 is 0 Å². The van der Waals surface area contributed by atoms with Crippen molar-refractivity contribution in [1.29, 1.82) is 0 Å². The lowest BCUT2D eigenvalue weighted by molar-refractivity contribution is 0.0730. The fourth-order valence-corrected chi connectivity index (χ4v) is 4.60. The molecule has 9 heteroatoms. The van der Waals surface area contributed by atoms with Crippen molar-refractivity contribution in [3.05, 3.63) is 57.6 Å². The lowest BCUT2D eigenvalue weighted by Crippen LogP contribution is -2.40. The van der Waals surface area contributed by atoms with Gasteiger partial charge < -0.3 is 10.1 Å². The van der Waals surface area contributed by atoms with Gasteiger partial charge in [-0.25, -0.2) is 8.42 Å². The smallest absolute Gasteiger partial charge is 0.257 e. The minimum atomic E-state index is -3.72. The maximum atomic E-state index is 12.8. The fourth-order valence-electron chi connectivity index (χ4n) is 2.73. The molecule has 0 aromatic heterocycles. The Morgan fingerprint density at radius 1 is 1.11 bits per heavy atom. The molecule has 1 aliphatic rings. The second-order valence-corrected chi connectivity index (χ2v) is 8.85. The zero-order valence-electron chi connectivity index (χ0n) is 14.5. The SMILES string of the molecule is Cc1cc(Cl)ccc1NC(=O)c1cc(S(=O)(=O)N2CCOCC2)ccc1Cl. The van der Waals surface area contributed by atoms with Gasteiger partial charge in [0.05, 0.1) is 28.7 Å². The van der Waals surface area contributed by atoms with Crippen molar-refractivity contribution in [3.63, 3.8) is 0 Å². The average Bonchev–Trinajstić information content (AvgIpc) is 2.65. The van der Waals surface area contributed by atoms with E-state index >= 15 is 0 Å². The maximum absolute atomic E-state index is 12.8. The normalized spacial score (nSPS) is 15.5. The lowest BCUT2D eigenvalue weighted by atomic mass is 10.1. The number of ether oxygens (including phenoxy) is 1. The van der Waals surface area contributed by atoms with Crippen LogP contribution in [-0.2, 0) is 14.8 Å². The molecule has 6 nitrogen and oxygen atoms in total. The van der Waals surface area contributed by atoms with Crippen molar-refractivity contribution in [2.24, 2.45) is 0 Å². The van der Waals surface area contributed by atoms with E-state index in [2.05, 4.69) is 5.32 Å². The number of benzene rings is 2. The van der Waals surface area contributed by atoms with E-state index in [-0.39, 0.29) is 28.6 Å².